The largest absolute Gasteiger partial charge is 0.490 e. The number of hydrogen-bond acceptors (Lipinski definition) is 6. The maximum atomic E-state index is 12.2. The van der Waals surface area contributed by atoms with Gasteiger partial charge in [-0.2, -0.15) is 29.6 Å². The molecule has 2 N–H and O–H groups in total. The van der Waals surface area contributed by atoms with Crippen LogP contribution >= 0.6 is 11.3 Å². The van der Waals surface area contributed by atoms with Crippen molar-refractivity contribution in [2.45, 2.75) is 31.6 Å². The van der Waals surface area contributed by atoms with Gasteiger partial charge < -0.3 is 15.2 Å². The van der Waals surface area contributed by atoms with Crippen molar-refractivity contribution in [1.82, 2.24) is 20.0 Å². The Morgan fingerprint density at radius 1 is 1.28 bits per heavy atom. The molecule has 0 bridgehead atoms. The zero-order valence-electron chi connectivity index (χ0n) is 17.3. The number of carboxylic acids is 1. The van der Waals surface area contributed by atoms with E-state index in [1.54, 1.807) is 11.3 Å². The lowest BCUT2D eigenvalue weighted by molar-refractivity contribution is -0.192. The number of rotatable bonds is 5. The molecular weight excluding hydrogens is 449 g/mol. The van der Waals surface area contributed by atoms with Crippen LogP contribution < -0.4 is 5.32 Å². The minimum absolute atomic E-state index is 0.00323. The van der Waals surface area contributed by atoms with Gasteiger partial charge in [-0.3, -0.25) is 14.4 Å². The van der Waals surface area contributed by atoms with Gasteiger partial charge in [-0.25, -0.2) is 4.79 Å². The summed E-state index contributed by atoms with van der Waals surface area (Å²) in [6, 6.07) is 4.13. The van der Waals surface area contributed by atoms with Gasteiger partial charge in [0.15, 0.2) is 0 Å². The third-order valence-corrected chi connectivity index (χ3v) is 6.02. The molecule has 4 rings (SSSR count). The van der Waals surface area contributed by atoms with Gasteiger partial charge >= 0.3 is 12.1 Å². The molecule has 1 saturated heterocycles. The van der Waals surface area contributed by atoms with Crippen LogP contribution in [-0.2, 0) is 16.1 Å². The second-order valence-electron chi connectivity index (χ2n) is 7.70. The molecule has 1 unspecified atom stereocenters. The minimum Gasteiger partial charge on any atom is -0.475 e. The molecule has 0 saturated carbocycles. The van der Waals surface area contributed by atoms with Gasteiger partial charge in [-0.15, -0.1) is 0 Å². The van der Waals surface area contributed by atoms with Crippen molar-refractivity contribution in [2.75, 3.05) is 32.8 Å². The van der Waals surface area contributed by atoms with Gasteiger partial charge in [0.05, 0.1) is 11.7 Å². The molecule has 8 nitrogen and oxygen atoms in total. The Morgan fingerprint density at radius 3 is 2.62 bits per heavy atom. The Balaban J connectivity index is 0.000000360. The first-order valence-corrected chi connectivity index (χ1v) is 11.1. The number of nitrogens with zero attached hydrogens (tertiary/aromatic N) is 3. The predicted octanol–water partition coefficient (Wildman–Crippen LogP) is 2.79. The minimum atomic E-state index is -5.08. The number of amides is 1. The molecule has 1 fully saturated rings. The van der Waals surface area contributed by atoms with E-state index in [2.05, 4.69) is 26.1 Å². The van der Waals surface area contributed by atoms with Crippen molar-refractivity contribution in [3.05, 3.63) is 40.3 Å². The number of carbonyl (C=O) groups excluding carboxylic acids is 1. The SMILES string of the molecule is O=C(NCC1CN(CC2CCOCC2)Cc2ccnn21)c1ccsc1.O=C(O)C(F)(F)F. The third-order valence-electron chi connectivity index (χ3n) is 5.33. The fourth-order valence-electron chi connectivity index (χ4n) is 3.76. The average molecular weight is 475 g/mol. The second kappa shape index (κ2) is 10.9. The van der Waals surface area contributed by atoms with Crippen LogP contribution in [-0.4, -0.2) is 70.7 Å². The summed E-state index contributed by atoms with van der Waals surface area (Å²) in [7, 11) is 0. The van der Waals surface area contributed by atoms with E-state index in [0.29, 0.717) is 12.5 Å². The van der Waals surface area contributed by atoms with Gasteiger partial charge in [-0.1, -0.05) is 0 Å². The van der Waals surface area contributed by atoms with Crippen LogP contribution in [0.15, 0.2) is 29.1 Å². The molecule has 1 atom stereocenters. The highest BCUT2D eigenvalue weighted by Gasteiger charge is 2.38. The zero-order chi connectivity index (χ0) is 23.1. The van der Waals surface area contributed by atoms with Gasteiger partial charge in [-0.05, 0) is 36.3 Å². The summed E-state index contributed by atoms with van der Waals surface area (Å²) in [6.07, 6.45) is -0.925. The number of carbonyl (C=O) groups is 2. The number of ether oxygens (including phenoxy) is 1. The maximum absolute atomic E-state index is 12.2. The molecule has 0 spiro atoms. The van der Waals surface area contributed by atoms with Gasteiger partial charge in [0.1, 0.15) is 0 Å². The smallest absolute Gasteiger partial charge is 0.475 e. The lowest BCUT2D eigenvalue weighted by atomic mass is 9.99. The molecule has 32 heavy (non-hydrogen) atoms. The number of hydrogen-bond donors (Lipinski definition) is 2. The Kier molecular flexibility index (Phi) is 8.26. The lowest BCUT2D eigenvalue weighted by Crippen LogP contribution is -2.44. The molecular formula is C20H25F3N4O4S. The topological polar surface area (TPSA) is 96.7 Å². The van der Waals surface area contributed by atoms with Crippen molar-refractivity contribution >= 4 is 23.2 Å². The quantitative estimate of drug-likeness (QED) is 0.692. The number of alkyl halides is 3. The number of carboxylic acid groups (broad SMARTS) is 1. The van der Waals surface area contributed by atoms with E-state index in [-0.39, 0.29) is 11.9 Å². The van der Waals surface area contributed by atoms with Crippen LogP contribution in [0, 0.1) is 5.92 Å². The van der Waals surface area contributed by atoms with Crippen molar-refractivity contribution in [1.29, 1.82) is 0 Å². The van der Waals surface area contributed by atoms with Gasteiger partial charge in [0.2, 0.25) is 0 Å². The fraction of sp³-hybridized carbons (Fsp3) is 0.550. The molecule has 0 aromatic carbocycles. The van der Waals surface area contributed by atoms with E-state index >= 15 is 0 Å². The fourth-order valence-corrected chi connectivity index (χ4v) is 4.39. The summed E-state index contributed by atoms with van der Waals surface area (Å²) in [5.74, 6) is -2.05. The number of nitrogens with one attached hydrogen (secondary N) is 1. The Labute approximate surface area is 187 Å². The molecule has 1 amide bonds. The summed E-state index contributed by atoms with van der Waals surface area (Å²) < 4.78 is 39.3. The first-order valence-electron chi connectivity index (χ1n) is 10.2. The molecule has 12 heteroatoms. The summed E-state index contributed by atoms with van der Waals surface area (Å²) in [4.78, 5) is 23.6. The first kappa shape index (κ1) is 24.2. The van der Waals surface area contributed by atoms with E-state index in [1.807, 2.05) is 23.0 Å². The highest BCUT2D eigenvalue weighted by Crippen LogP contribution is 2.24. The monoisotopic (exact) mass is 474 g/mol. The Bertz CT molecular complexity index is 882. The van der Waals surface area contributed by atoms with E-state index in [4.69, 9.17) is 14.6 Å². The second-order valence-corrected chi connectivity index (χ2v) is 8.48. The molecule has 176 valence electrons. The normalized spacial score (nSPS) is 19.5. The van der Waals surface area contributed by atoms with Crippen LogP contribution in [0.25, 0.3) is 0 Å². The zero-order valence-corrected chi connectivity index (χ0v) is 18.1. The lowest BCUT2D eigenvalue weighted by Gasteiger charge is -2.36. The van der Waals surface area contributed by atoms with Gasteiger partial charge in [0.25, 0.3) is 5.91 Å². The molecule has 2 aromatic rings. The highest BCUT2D eigenvalue weighted by atomic mass is 32.1. The third kappa shape index (κ3) is 6.78. The molecule has 2 aromatic heterocycles. The average Bonchev–Trinajstić information content (AvgIpc) is 3.44. The van der Waals surface area contributed by atoms with E-state index < -0.39 is 12.1 Å². The number of aromatic nitrogens is 2. The van der Waals surface area contributed by atoms with E-state index in [1.165, 1.54) is 5.69 Å². The van der Waals surface area contributed by atoms with E-state index in [0.717, 1.165) is 51.3 Å². The maximum Gasteiger partial charge on any atom is 0.490 e. The summed E-state index contributed by atoms with van der Waals surface area (Å²) in [6.45, 7) is 5.34. The highest BCUT2D eigenvalue weighted by molar-refractivity contribution is 7.08. The number of fused-ring (bicyclic) bond motifs is 1. The molecule has 0 aliphatic carbocycles. The van der Waals surface area contributed by atoms with Crippen molar-refractivity contribution in [3.63, 3.8) is 0 Å². The Hall–Kier alpha value is -2.44. The van der Waals surface area contributed by atoms with Gasteiger partial charge in [0, 0.05) is 56.5 Å². The number of halogens is 3. The van der Waals surface area contributed by atoms with Crippen molar-refractivity contribution < 1.29 is 32.6 Å². The summed E-state index contributed by atoms with van der Waals surface area (Å²) >= 11 is 1.54. The standard InChI is InChI=1S/C18H24N4O2S.C2HF3O2/c23-18(15-4-8-25-13-15)19-9-17-12-21(10-14-2-6-24-7-3-14)11-16-1-5-20-22(16)17;3-2(4,5)1(6)7/h1,4-5,8,13-14,17H,2-3,6-7,9-12H2,(H,19,23);(H,6,7). The van der Waals surface area contributed by atoms with Crippen molar-refractivity contribution in [3.8, 4) is 0 Å². The van der Waals surface area contributed by atoms with Crippen LogP contribution in [0.4, 0.5) is 13.2 Å². The van der Waals surface area contributed by atoms with Crippen LogP contribution in [0.1, 0.15) is 34.9 Å². The van der Waals surface area contributed by atoms with E-state index in [9.17, 15) is 18.0 Å². The summed E-state index contributed by atoms with van der Waals surface area (Å²) in [5.41, 5.74) is 1.97. The molecule has 2 aliphatic heterocycles. The molecule has 0 radical (unpaired) electrons. The van der Waals surface area contributed by atoms with Crippen LogP contribution in [0.3, 0.4) is 0 Å². The van der Waals surface area contributed by atoms with Crippen LogP contribution in [0.5, 0.6) is 0 Å². The predicted molar refractivity (Wildman–Crippen MR) is 110 cm³/mol. The first-order chi connectivity index (χ1) is 15.2. The van der Waals surface area contributed by atoms with Crippen molar-refractivity contribution in [2.24, 2.45) is 5.92 Å². The number of thiophene rings is 1. The number of aliphatic carboxylic acids is 1. The van der Waals surface area contributed by atoms with Crippen LogP contribution in [0.2, 0.25) is 0 Å². The molecule has 4 heterocycles. The summed E-state index contributed by atoms with van der Waals surface area (Å²) in [5, 5.41) is 18.5. The Morgan fingerprint density at radius 2 is 2.00 bits per heavy atom. The molecule has 2 aliphatic rings.